The van der Waals surface area contributed by atoms with Crippen molar-refractivity contribution in [3.63, 3.8) is 0 Å². The number of benzene rings is 1. The number of likely N-dealkylation sites (N-methyl/N-ethyl adjacent to an activating group) is 1. The van der Waals surface area contributed by atoms with Crippen molar-refractivity contribution in [2.75, 3.05) is 54.0 Å². The molecule has 1 aromatic rings. The molecule has 7 nitrogen and oxygen atoms in total. The van der Waals surface area contributed by atoms with Gasteiger partial charge >= 0.3 is 0 Å². The van der Waals surface area contributed by atoms with Crippen LogP contribution in [0, 0.1) is 6.92 Å². The van der Waals surface area contributed by atoms with Crippen molar-refractivity contribution in [2.45, 2.75) is 6.92 Å². The van der Waals surface area contributed by atoms with E-state index in [2.05, 4.69) is 5.32 Å². The summed E-state index contributed by atoms with van der Waals surface area (Å²) in [6.45, 7) is 4.84. The first-order valence-electron chi connectivity index (χ1n) is 7.94. The topological polar surface area (TPSA) is 71.1 Å². The van der Waals surface area contributed by atoms with Crippen molar-refractivity contribution in [1.82, 2.24) is 15.1 Å². The number of ether oxygens (including phenoxy) is 2. The lowest BCUT2D eigenvalue weighted by atomic mass is 10.1. The minimum Gasteiger partial charge on any atom is -0.496 e. The summed E-state index contributed by atoms with van der Waals surface area (Å²) in [5, 5.41) is 3.20. The van der Waals surface area contributed by atoms with Gasteiger partial charge in [-0.25, -0.2) is 0 Å². The molecule has 1 heterocycles. The van der Waals surface area contributed by atoms with Crippen molar-refractivity contribution in [1.29, 1.82) is 0 Å². The standard InChI is InChI=1S/C17H25N3O4.ClH/c1-12-14(23-3)9-13(10-15(12)24-4)17(22)19(2)11-16(21)20-7-5-18-6-8-20;/h9-10,18H,5-8,11H2,1-4H3;1H. The van der Waals surface area contributed by atoms with Crippen LogP contribution in [0.3, 0.4) is 0 Å². The van der Waals surface area contributed by atoms with Crippen LogP contribution >= 0.6 is 12.4 Å². The Kier molecular flexibility index (Phi) is 7.99. The molecule has 140 valence electrons. The van der Waals surface area contributed by atoms with Gasteiger partial charge in [0.1, 0.15) is 11.5 Å². The van der Waals surface area contributed by atoms with E-state index in [1.165, 1.54) is 4.90 Å². The first kappa shape index (κ1) is 21.1. The van der Waals surface area contributed by atoms with E-state index >= 15 is 0 Å². The number of hydrogen-bond acceptors (Lipinski definition) is 5. The Morgan fingerprint density at radius 2 is 1.68 bits per heavy atom. The van der Waals surface area contributed by atoms with Gasteiger partial charge in [-0.1, -0.05) is 0 Å². The fourth-order valence-electron chi connectivity index (χ4n) is 2.72. The lowest BCUT2D eigenvalue weighted by Crippen LogP contribution is -2.49. The van der Waals surface area contributed by atoms with Crippen LogP contribution in [0.15, 0.2) is 12.1 Å². The maximum absolute atomic E-state index is 12.6. The van der Waals surface area contributed by atoms with Crippen LogP contribution in [0.25, 0.3) is 0 Å². The molecule has 0 saturated carbocycles. The summed E-state index contributed by atoms with van der Waals surface area (Å²) in [5.41, 5.74) is 1.26. The number of carbonyl (C=O) groups excluding carboxylic acids is 2. The summed E-state index contributed by atoms with van der Waals surface area (Å²) in [6, 6.07) is 3.35. The molecule has 1 N–H and O–H groups in total. The van der Waals surface area contributed by atoms with Gasteiger partial charge in [0, 0.05) is 44.4 Å². The minimum absolute atomic E-state index is 0. The molecule has 0 aliphatic carbocycles. The highest BCUT2D eigenvalue weighted by Crippen LogP contribution is 2.29. The number of amides is 2. The smallest absolute Gasteiger partial charge is 0.254 e. The summed E-state index contributed by atoms with van der Waals surface area (Å²) in [4.78, 5) is 28.1. The monoisotopic (exact) mass is 371 g/mol. The van der Waals surface area contributed by atoms with E-state index in [9.17, 15) is 9.59 Å². The molecule has 8 heteroatoms. The first-order chi connectivity index (χ1) is 11.5. The van der Waals surface area contributed by atoms with Gasteiger partial charge in [0.25, 0.3) is 5.91 Å². The lowest BCUT2D eigenvalue weighted by molar-refractivity contribution is -0.132. The molecule has 25 heavy (non-hydrogen) atoms. The van der Waals surface area contributed by atoms with Gasteiger partial charge < -0.3 is 24.6 Å². The zero-order valence-corrected chi connectivity index (χ0v) is 15.9. The largest absolute Gasteiger partial charge is 0.496 e. The van der Waals surface area contributed by atoms with Gasteiger partial charge in [0.15, 0.2) is 0 Å². The highest BCUT2D eigenvalue weighted by atomic mass is 35.5. The highest BCUT2D eigenvalue weighted by molar-refractivity contribution is 5.97. The third-order valence-corrected chi connectivity index (χ3v) is 4.19. The Morgan fingerprint density at radius 1 is 1.16 bits per heavy atom. The van der Waals surface area contributed by atoms with Gasteiger partial charge in [-0.2, -0.15) is 0 Å². The maximum atomic E-state index is 12.6. The normalized spacial score (nSPS) is 13.7. The number of piperazine rings is 1. The van der Waals surface area contributed by atoms with Crippen molar-refractivity contribution in [3.8, 4) is 11.5 Å². The van der Waals surface area contributed by atoms with Gasteiger partial charge in [-0.05, 0) is 19.1 Å². The molecule has 1 aromatic carbocycles. The Labute approximate surface area is 154 Å². The summed E-state index contributed by atoms with van der Waals surface area (Å²) < 4.78 is 10.6. The SMILES string of the molecule is COc1cc(C(=O)N(C)CC(=O)N2CCNCC2)cc(OC)c1C.Cl. The maximum Gasteiger partial charge on any atom is 0.254 e. The summed E-state index contributed by atoms with van der Waals surface area (Å²) in [5.74, 6) is 0.882. The fraction of sp³-hybridized carbons (Fsp3) is 0.529. The number of rotatable bonds is 5. The van der Waals surface area contributed by atoms with Crippen molar-refractivity contribution >= 4 is 24.2 Å². The van der Waals surface area contributed by atoms with Crippen molar-refractivity contribution < 1.29 is 19.1 Å². The number of hydrogen-bond donors (Lipinski definition) is 1. The number of nitrogens with zero attached hydrogens (tertiary/aromatic N) is 2. The van der Waals surface area contributed by atoms with E-state index in [4.69, 9.17) is 9.47 Å². The van der Waals surface area contributed by atoms with Crippen LogP contribution in [0.1, 0.15) is 15.9 Å². The first-order valence-corrected chi connectivity index (χ1v) is 7.94. The molecule has 1 aliphatic rings. The average molecular weight is 372 g/mol. The van der Waals surface area contributed by atoms with Gasteiger partial charge in [-0.3, -0.25) is 9.59 Å². The van der Waals surface area contributed by atoms with Crippen LogP contribution < -0.4 is 14.8 Å². The second-order valence-corrected chi connectivity index (χ2v) is 5.80. The average Bonchev–Trinajstić information content (AvgIpc) is 2.61. The van der Waals surface area contributed by atoms with E-state index in [0.29, 0.717) is 30.2 Å². The van der Waals surface area contributed by atoms with Gasteiger partial charge in [-0.15, -0.1) is 12.4 Å². The second-order valence-electron chi connectivity index (χ2n) is 5.80. The van der Waals surface area contributed by atoms with E-state index in [-0.39, 0.29) is 30.8 Å². The Bertz CT molecular complexity index is 593. The molecule has 0 aromatic heterocycles. The molecule has 0 radical (unpaired) electrons. The van der Waals surface area contributed by atoms with Crippen LogP contribution in [0.5, 0.6) is 11.5 Å². The highest BCUT2D eigenvalue weighted by Gasteiger charge is 2.22. The number of methoxy groups -OCH3 is 2. The number of carbonyl (C=O) groups is 2. The molecular weight excluding hydrogens is 346 g/mol. The Hall–Kier alpha value is -1.99. The van der Waals surface area contributed by atoms with E-state index in [1.54, 1.807) is 38.3 Å². The molecule has 1 saturated heterocycles. The molecule has 2 rings (SSSR count). The quantitative estimate of drug-likeness (QED) is 0.834. The molecule has 2 amide bonds. The summed E-state index contributed by atoms with van der Waals surface area (Å²) >= 11 is 0. The van der Waals surface area contributed by atoms with E-state index in [0.717, 1.165) is 18.7 Å². The van der Waals surface area contributed by atoms with Crippen LogP contribution in [0.2, 0.25) is 0 Å². The molecule has 1 aliphatic heterocycles. The minimum atomic E-state index is -0.241. The lowest BCUT2D eigenvalue weighted by Gasteiger charge is -2.29. The zero-order chi connectivity index (χ0) is 17.7. The van der Waals surface area contributed by atoms with Crippen LogP contribution in [0.4, 0.5) is 0 Å². The number of nitrogens with one attached hydrogen (secondary N) is 1. The molecular formula is C17H26ClN3O4. The molecule has 0 spiro atoms. The molecule has 0 unspecified atom stereocenters. The Morgan fingerprint density at radius 3 is 2.16 bits per heavy atom. The van der Waals surface area contributed by atoms with E-state index < -0.39 is 0 Å². The van der Waals surface area contributed by atoms with E-state index in [1.807, 2.05) is 6.92 Å². The van der Waals surface area contributed by atoms with Crippen LogP contribution in [-0.4, -0.2) is 75.6 Å². The van der Waals surface area contributed by atoms with Gasteiger partial charge in [0.2, 0.25) is 5.91 Å². The Balaban J connectivity index is 0.00000312. The number of halogens is 1. The third kappa shape index (κ3) is 4.99. The zero-order valence-electron chi connectivity index (χ0n) is 15.1. The van der Waals surface area contributed by atoms with Gasteiger partial charge in [0.05, 0.1) is 20.8 Å². The molecule has 0 atom stereocenters. The van der Waals surface area contributed by atoms with Crippen molar-refractivity contribution in [2.24, 2.45) is 0 Å². The summed E-state index contributed by atoms with van der Waals surface area (Å²) in [6.07, 6.45) is 0. The third-order valence-electron chi connectivity index (χ3n) is 4.19. The fourth-order valence-corrected chi connectivity index (χ4v) is 2.72. The predicted octanol–water partition coefficient (Wildman–Crippen LogP) is 0.938. The molecule has 0 bridgehead atoms. The second kappa shape index (κ2) is 9.48. The van der Waals surface area contributed by atoms with Crippen molar-refractivity contribution in [3.05, 3.63) is 23.3 Å². The van der Waals surface area contributed by atoms with Crippen LogP contribution in [-0.2, 0) is 4.79 Å². The molecule has 1 fully saturated rings. The summed E-state index contributed by atoms with van der Waals surface area (Å²) in [7, 11) is 4.72. The predicted molar refractivity (Wildman–Crippen MR) is 97.9 cm³/mol.